The second-order valence-electron chi connectivity index (χ2n) is 5.33. The van der Waals surface area contributed by atoms with Crippen LogP contribution in [0.1, 0.15) is 20.8 Å². The van der Waals surface area contributed by atoms with Crippen molar-refractivity contribution in [1.29, 1.82) is 0 Å². The molecule has 102 valence electrons. The Morgan fingerprint density at radius 3 is 2.33 bits per heavy atom. The average Bonchev–Trinajstić information content (AvgIpc) is 2.19. The number of sulfone groups is 1. The van der Waals surface area contributed by atoms with Gasteiger partial charge >= 0.3 is 0 Å². The van der Waals surface area contributed by atoms with E-state index in [9.17, 15) is 17.2 Å². The number of nitrogens with two attached hydrogens (primary N) is 1. The Labute approximate surface area is 106 Å². The molecule has 0 aromatic heterocycles. The zero-order valence-corrected chi connectivity index (χ0v) is 11.4. The first-order valence-electron chi connectivity index (χ1n) is 5.47. The molecule has 0 bridgehead atoms. The van der Waals surface area contributed by atoms with Crippen LogP contribution < -0.4 is 5.73 Å². The van der Waals surface area contributed by atoms with Gasteiger partial charge in [-0.2, -0.15) is 0 Å². The molecule has 18 heavy (non-hydrogen) atoms. The van der Waals surface area contributed by atoms with Crippen molar-refractivity contribution < 1.29 is 17.2 Å². The number of hydrogen-bond acceptors (Lipinski definition) is 3. The van der Waals surface area contributed by atoms with E-state index in [0.29, 0.717) is 6.07 Å². The lowest BCUT2D eigenvalue weighted by molar-refractivity contribution is 0.340. The van der Waals surface area contributed by atoms with Gasteiger partial charge < -0.3 is 5.73 Å². The third kappa shape index (κ3) is 3.49. The SMILES string of the molecule is CC(C)(C)C(N)CS(=O)(=O)c1cc(F)ccc1F. The summed E-state index contributed by atoms with van der Waals surface area (Å²) in [6, 6.07) is 1.69. The first-order valence-corrected chi connectivity index (χ1v) is 7.12. The standard InChI is InChI=1S/C12H17F2NO2S/c1-12(2,3)11(15)7-18(16,17)10-6-8(13)4-5-9(10)14/h4-6,11H,7,15H2,1-3H3. The van der Waals surface area contributed by atoms with Crippen LogP contribution in [0, 0.1) is 17.0 Å². The largest absolute Gasteiger partial charge is 0.326 e. The van der Waals surface area contributed by atoms with E-state index in [0.717, 1.165) is 12.1 Å². The van der Waals surface area contributed by atoms with E-state index in [4.69, 9.17) is 5.73 Å². The second kappa shape index (κ2) is 4.93. The predicted octanol–water partition coefficient (Wildman–Crippen LogP) is 2.11. The zero-order valence-electron chi connectivity index (χ0n) is 10.6. The van der Waals surface area contributed by atoms with Crippen molar-refractivity contribution in [3.8, 4) is 0 Å². The normalized spacial score (nSPS) is 14.6. The maximum absolute atomic E-state index is 13.4. The predicted molar refractivity (Wildman–Crippen MR) is 65.8 cm³/mol. The van der Waals surface area contributed by atoms with E-state index < -0.39 is 43.6 Å². The quantitative estimate of drug-likeness (QED) is 0.920. The molecule has 1 unspecified atom stereocenters. The molecule has 0 saturated heterocycles. The summed E-state index contributed by atoms with van der Waals surface area (Å²) in [7, 11) is -3.94. The fraction of sp³-hybridized carbons (Fsp3) is 0.500. The molecule has 0 heterocycles. The van der Waals surface area contributed by atoms with E-state index in [1.54, 1.807) is 20.8 Å². The summed E-state index contributed by atoms with van der Waals surface area (Å²) in [5.74, 6) is -2.17. The molecule has 1 atom stereocenters. The van der Waals surface area contributed by atoms with Crippen LogP contribution in [0.15, 0.2) is 23.1 Å². The number of hydrogen-bond donors (Lipinski definition) is 1. The summed E-state index contributed by atoms with van der Waals surface area (Å²) in [4.78, 5) is -0.637. The third-order valence-corrected chi connectivity index (χ3v) is 4.52. The summed E-state index contributed by atoms with van der Waals surface area (Å²) in [6.45, 7) is 5.36. The van der Waals surface area contributed by atoms with Crippen molar-refractivity contribution in [2.45, 2.75) is 31.7 Å². The first-order chi connectivity index (χ1) is 8.04. The lowest BCUT2D eigenvalue weighted by Gasteiger charge is -2.26. The summed E-state index contributed by atoms with van der Waals surface area (Å²) in [5.41, 5.74) is 5.33. The van der Waals surface area contributed by atoms with Gasteiger partial charge in [-0.25, -0.2) is 17.2 Å². The Balaban J connectivity index is 3.11. The molecule has 0 fully saturated rings. The van der Waals surface area contributed by atoms with Gasteiger partial charge in [0, 0.05) is 6.04 Å². The van der Waals surface area contributed by atoms with Gasteiger partial charge in [0.05, 0.1) is 5.75 Å². The molecule has 1 aromatic rings. The van der Waals surface area contributed by atoms with Gasteiger partial charge in [-0.1, -0.05) is 20.8 Å². The third-order valence-electron chi connectivity index (χ3n) is 2.74. The maximum Gasteiger partial charge on any atom is 0.182 e. The van der Waals surface area contributed by atoms with Crippen molar-refractivity contribution in [3.05, 3.63) is 29.8 Å². The lowest BCUT2D eigenvalue weighted by atomic mass is 9.89. The molecule has 0 aliphatic rings. The minimum absolute atomic E-state index is 0.420. The monoisotopic (exact) mass is 277 g/mol. The Morgan fingerprint density at radius 1 is 1.28 bits per heavy atom. The molecule has 6 heteroatoms. The molecule has 0 spiro atoms. The van der Waals surface area contributed by atoms with Crippen molar-refractivity contribution in [2.24, 2.45) is 11.1 Å². The minimum Gasteiger partial charge on any atom is -0.326 e. The van der Waals surface area contributed by atoms with Crippen LogP contribution in [-0.4, -0.2) is 20.2 Å². The Kier molecular flexibility index (Phi) is 4.12. The van der Waals surface area contributed by atoms with Crippen molar-refractivity contribution >= 4 is 9.84 Å². The van der Waals surface area contributed by atoms with Gasteiger partial charge in [0.2, 0.25) is 0 Å². The molecule has 2 N–H and O–H groups in total. The van der Waals surface area contributed by atoms with E-state index >= 15 is 0 Å². The fourth-order valence-corrected chi connectivity index (χ4v) is 3.10. The number of rotatable bonds is 3. The topological polar surface area (TPSA) is 60.2 Å². The summed E-state index contributed by atoms with van der Waals surface area (Å²) in [6.07, 6.45) is 0. The molecule has 0 radical (unpaired) electrons. The zero-order chi connectivity index (χ0) is 14.1. The van der Waals surface area contributed by atoms with Crippen LogP contribution in [0.2, 0.25) is 0 Å². The van der Waals surface area contributed by atoms with E-state index in [-0.39, 0.29) is 0 Å². The molecule has 3 nitrogen and oxygen atoms in total. The Morgan fingerprint density at radius 2 is 1.83 bits per heavy atom. The Bertz CT molecular complexity index is 535. The highest BCUT2D eigenvalue weighted by Gasteiger charge is 2.29. The van der Waals surface area contributed by atoms with Gasteiger partial charge in [0.1, 0.15) is 16.5 Å². The van der Waals surface area contributed by atoms with Gasteiger partial charge in [0.25, 0.3) is 0 Å². The minimum atomic E-state index is -3.94. The molecule has 0 aliphatic carbocycles. The highest BCUT2D eigenvalue weighted by Crippen LogP contribution is 2.23. The fourth-order valence-electron chi connectivity index (χ4n) is 1.29. The molecule has 0 aliphatic heterocycles. The summed E-state index contributed by atoms with van der Waals surface area (Å²) < 4.78 is 50.4. The molecule has 0 amide bonds. The van der Waals surface area contributed by atoms with Gasteiger partial charge in [0.15, 0.2) is 9.84 Å². The molecular weight excluding hydrogens is 260 g/mol. The van der Waals surface area contributed by atoms with E-state index in [1.807, 2.05) is 0 Å². The van der Waals surface area contributed by atoms with E-state index in [2.05, 4.69) is 0 Å². The summed E-state index contributed by atoms with van der Waals surface area (Å²) >= 11 is 0. The van der Waals surface area contributed by atoms with Crippen molar-refractivity contribution in [2.75, 3.05) is 5.75 Å². The van der Waals surface area contributed by atoms with Crippen LogP contribution in [0.4, 0.5) is 8.78 Å². The van der Waals surface area contributed by atoms with Crippen LogP contribution in [-0.2, 0) is 9.84 Å². The van der Waals surface area contributed by atoms with Crippen LogP contribution >= 0.6 is 0 Å². The smallest absolute Gasteiger partial charge is 0.182 e. The van der Waals surface area contributed by atoms with Crippen molar-refractivity contribution in [1.82, 2.24) is 0 Å². The second-order valence-corrected chi connectivity index (χ2v) is 7.33. The summed E-state index contributed by atoms with van der Waals surface area (Å²) in [5, 5.41) is 0. The van der Waals surface area contributed by atoms with Crippen molar-refractivity contribution in [3.63, 3.8) is 0 Å². The molecule has 1 rings (SSSR count). The van der Waals surface area contributed by atoms with Crippen LogP contribution in [0.25, 0.3) is 0 Å². The van der Waals surface area contributed by atoms with E-state index in [1.165, 1.54) is 0 Å². The van der Waals surface area contributed by atoms with Crippen LogP contribution in [0.5, 0.6) is 0 Å². The first kappa shape index (κ1) is 15.0. The molecule has 1 aromatic carbocycles. The lowest BCUT2D eigenvalue weighted by Crippen LogP contribution is -2.41. The van der Waals surface area contributed by atoms with Gasteiger partial charge in [-0.15, -0.1) is 0 Å². The van der Waals surface area contributed by atoms with Crippen LogP contribution in [0.3, 0.4) is 0 Å². The Hall–Kier alpha value is -1.01. The highest BCUT2D eigenvalue weighted by atomic mass is 32.2. The number of benzene rings is 1. The molecule has 0 saturated carbocycles. The van der Waals surface area contributed by atoms with Gasteiger partial charge in [-0.05, 0) is 23.6 Å². The maximum atomic E-state index is 13.4. The average molecular weight is 277 g/mol. The molecular formula is C12H17F2NO2S. The highest BCUT2D eigenvalue weighted by molar-refractivity contribution is 7.91. The van der Waals surface area contributed by atoms with Gasteiger partial charge in [-0.3, -0.25) is 0 Å². The number of halogens is 2.